The fourth-order valence-electron chi connectivity index (χ4n) is 3.09. The normalized spacial score (nSPS) is 21.1. The Labute approximate surface area is 136 Å². The van der Waals surface area contributed by atoms with Gasteiger partial charge in [-0.3, -0.25) is 4.79 Å². The summed E-state index contributed by atoms with van der Waals surface area (Å²) in [5, 5.41) is 1.09. The number of carbonyl (C=O) groups is 1. The number of rotatable bonds is 2. The molecule has 1 saturated heterocycles. The number of aromatic nitrogens is 1. The highest BCUT2D eigenvalue weighted by Gasteiger charge is 2.30. The molecule has 5 nitrogen and oxygen atoms in total. The van der Waals surface area contributed by atoms with Gasteiger partial charge in [0.1, 0.15) is 0 Å². The van der Waals surface area contributed by atoms with E-state index in [1.807, 2.05) is 42.1 Å². The molecule has 1 aliphatic rings. The summed E-state index contributed by atoms with van der Waals surface area (Å²) in [6.07, 6.45) is 5.33. The standard InChI is InChI=1S/C17H20N2O3S/c1-13-12-23(21,22)10-9-19(13)17(20)8-7-14-11-18(2)16-6-4-3-5-15(14)16/h3-8,11,13H,9-10,12H2,1-2H3/b8-7+/t13-/m1/s1. The maximum atomic E-state index is 12.4. The average molecular weight is 332 g/mol. The number of benzene rings is 1. The van der Waals surface area contributed by atoms with Gasteiger partial charge in [-0.1, -0.05) is 18.2 Å². The van der Waals surface area contributed by atoms with Crippen molar-refractivity contribution in [2.45, 2.75) is 13.0 Å². The van der Waals surface area contributed by atoms with E-state index in [0.29, 0.717) is 0 Å². The van der Waals surface area contributed by atoms with E-state index < -0.39 is 9.84 Å². The molecule has 2 heterocycles. The highest BCUT2D eigenvalue weighted by Crippen LogP contribution is 2.21. The molecule has 1 aliphatic heterocycles. The lowest BCUT2D eigenvalue weighted by molar-refractivity contribution is -0.127. The van der Waals surface area contributed by atoms with Crippen LogP contribution in [0.25, 0.3) is 17.0 Å². The topological polar surface area (TPSA) is 59.4 Å². The van der Waals surface area contributed by atoms with Gasteiger partial charge in [-0.05, 0) is 19.1 Å². The van der Waals surface area contributed by atoms with Gasteiger partial charge in [-0.2, -0.15) is 0 Å². The largest absolute Gasteiger partial charge is 0.350 e. The molecule has 1 aromatic heterocycles. The Balaban J connectivity index is 1.81. The van der Waals surface area contributed by atoms with Crippen LogP contribution in [0.2, 0.25) is 0 Å². The number of aryl methyl sites for hydroxylation is 1. The van der Waals surface area contributed by atoms with Crippen LogP contribution in [0.5, 0.6) is 0 Å². The zero-order valence-electron chi connectivity index (χ0n) is 13.3. The fourth-order valence-corrected chi connectivity index (χ4v) is 4.65. The number of hydrogen-bond acceptors (Lipinski definition) is 3. The van der Waals surface area contributed by atoms with Gasteiger partial charge < -0.3 is 9.47 Å². The van der Waals surface area contributed by atoms with Gasteiger partial charge in [-0.15, -0.1) is 0 Å². The summed E-state index contributed by atoms with van der Waals surface area (Å²) in [5.41, 5.74) is 2.09. The second-order valence-electron chi connectivity index (χ2n) is 6.04. The first kappa shape index (κ1) is 15.8. The van der Waals surface area contributed by atoms with Crippen LogP contribution in [0.1, 0.15) is 12.5 Å². The van der Waals surface area contributed by atoms with Crippen molar-refractivity contribution in [1.82, 2.24) is 9.47 Å². The molecule has 23 heavy (non-hydrogen) atoms. The SMILES string of the molecule is C[C@@H]1CS(=O)(=O)CCN1C(=O)/C=C/c1cn(C)c2ccccc12. The second kappa shape index (κ2) is 5.85. The maximum Gasteiger partial charge on any atom is 0.246 e. The van der Waals surface area contributed by atoms with E-state index >= 15 is 0 Å². The first-order valence-corrected chi connectivity index (χ1v) is 9.43. The Morgan fingerprint density at radius 3 is 2.78 bits per heavy atom. The van der Waals surface area contributed by atoms with E-state index in [2.05, 4.69) is 0 Å². The van der Waals surface area contributed by atoms with Crippen molar-refractivity contribution in [1.29, 1.82) is 0 Å². The summed E-state index contributed by atoms with van der Waals surface area (Å²) in [6.45, 7) is 2.04. The van der Waals surface area contributed by atoms with Crippen LogP contribution < -0.4 is 0 Å². The summed E-state index contributed by atoms with van der Waals surface area (Å²) in [7, 11) is -1.04. The number of para-hydroxylation sites is 1. The van der Waals surface area contributed by atoms with E-state index in [1.165, 1.54) is 6.08 Å². The highest BCUT2D eigenvalue weighted by molar-refractivity contribution is 7.91. The number of sulfone groups is 1. The lowest BCUT2D eigenvalue weighted by Gasteiger charge is -2.32. The Kier molecular flexibility index (Phi) is 4.02. The molecular weight excluding hydrogens is 312 g/mol. The molecular formula is C17H20N2O3S. The van der Waals surface area contributed by atoms with Gasteiger partial charge >= 0.3 is 0 Å². The van der Waals surface area contributed by atoms with E-state index in [1.54, 1.807) is 17.9 Å². The van der Waals surface area contributed by atoms with Crippen LogP contribution in [-0.2, 0) is 21.7 Å². The quantitative estimate of drug-likeness (QED) is 0.789. The average Bonchev–Trinajstić information content (AvgIpc) is 2.81. The smallest absolute Gasteiger partial charge is 0.246 e. The van der Waals surface area contributed by atoms with Crippen molar-refractivity contribution >= 4 is 32.7 Å². The number of amides is 1. The number of hydrogen-bond donors (Lipinski definition) is 0. The Bertz CT molecular complexity index is 880. The molecule has 1 atom stereocenters. The first-order valence-electron chi connectivity index (χ1n) is 7.60. The van der Waals surface area contributed by atoms with Crippen LogP contribution >= 0.6 is 0 Å². The van der Waals surface area contributed by atoms with Crippen LogP contribution in [0, 0.1) is 0 Å². The second-order valence-corrected chi connectivity index (χ2v) is 8.27. The summed E-state index contributed by atoms with van der Waals surface area (Å²) < 4.78 is 25.2. The minimum atomic E-state index is -3.01. The predicted molar refractivity (Wildman–Crippen MR) is 91.8 cm³/mol. The zero-order chi connectivity index (χ0) is 16.6. The molecule has 0 radical (unpaired) electrons. The van der Waals surface area contributed by atoms with Crippen molar-refractivity contribution in [2.75, 3.05) is 18.1 Å². The summed E-state index contributed by atoms with van der Waals surface area (Å²) in [6, 6.07) is 7.73. The van der Waals surface area contributed by atoms with Crippen molar-refractivity contribution in [2.24, 2.45) is 7.05 Å². The van der Waals surface area contributed by atoms with Crippen LogP contribution in [-0.4, -0.2) is 47.9 Å². The molecule has 1 amide bonds. The third-order valence-electron chi connectivity index (χ3n) is 4.29. The van der Waals surface area contributed by atoms with E-state index in [4.69, 9.17) is 0 Å². The van der Waals surface area contributed by atoms with E-state index in [9.17, 15) is 13.2 Å². The molecule has 0 aliphatic carbocycles. The molecule has 6 heteroatoms. The lowest BCUT2D eigenvalue weighted by atomic mass is 10.1. The fraction of sp³-hybridized carbons (Fsp3) is 0.353. The number of nitrogens with zero attached hydrogens (tertiary/aromatic N) is 2. The van der Waals surface area contributed by atoms with Crippen LogP contribution in [0.15, 0.2) is 36.5 Å². The van der Waals surface area contributed by atoms with Gasteiger partial charge in [0, 0.05) is 48.4 Å². The zero-order valence-corrected chi connectivity index (χ0v) is 14.1. The number of carbonyl (C=O) groups excluding carboxylic acids is 1. The molecule has 2 aromatic rings. The highest BCUT2D eigenvalue weighted by atomic mass is 32.2. The third-order valence-corrected chi connectivity index (χ3v) is 6.08. The Hall–Kier alpha value is -2.08. The molecule has 0 spiro atoms. The van der Waals surface area contributed by atoms with Crippen molar-refractivity contribution in [3.05, 3.63) is 42.1 Å². The van der Waals surface area contributed by atoms with E-state index in [0.717, 1.165) is 16.5 Å². The van der Waals surface area contributed by atoms with Gasteiger partial charge in [0.25, 0.3) is 0 Å². The van der Waals surface area contributed by atoms with Gasteiger partial charge in [-0.25, -0.2) is 8.42 Å². The van der Waals surface area contributed by atoms with Crippen molar-refractivity contribution in [3.63, 3.8) is 0 Å². The van der Waals surface area contributed by atoms with Crippen molar-refractivity contribution < 1.29 is 13.2 Å². The summed E-state index contributed by atoms with van der Waals surface area (Å²) >= 11 is 0. The van der Waals surface area contributed by atoms with Crippen LogP contribution in [0.3, 0.4) is 0 Å². The van der Waals surface area contributed by atoms with Gasteiger partial charge in [0.05, 0.1) is 11.5 Å². The first-order chi connectivity index (χ1) is 10.9. The minimum absolute atomic E-state index is 0.0425. The maximum absolute atomic E-state index is 12.4. The summed E-state index contributed by atoms with van der Waals surface area (Å²) in [4.78, 5) is 14.0. The Morgan fingerprint density at radius 2 is 2.04 bits per heavy atom. The minimum Gasteiger partial charge on any atom is -0.350 e. The Morgan fingerprint density at radius 1 is 1.30 bits per heavy atom. The monoisotopic (exact) mass is 332 g/mol. The molecule has 0 unspecified atom stereocenters. The number of fused-ring (bicyclic) bond motifs is 1. The molecule has 0 saturated carbocycles. The molecule has 1 fully saturated rings. The summed E-state index contributed by atoms with van der Waals surface area (Å²) in [5.74, 6) is -0.0493. The van der Waals surface area contributed by atoms with Crippen LogP contribution in [0.4, 0.5) is 0 Å². The predicted octanol–water partition coefficient (Wildman–Crippen LogP) is 1.84. The van der Waals surface area contributed by atoms with Gasteiger partial charge in [0.2, 0.25) is 5.91 Å². The van der Waals surface area contributed by atoms with Crippen molar-refractivity contribution in [3.8, 4) is 0 Å². The lowest BCUT2D eigenvalue weighted by Crippen LogP contribution is -2.49. The van der Waals surface area contributed by atoms with Gasteiger partial charge in [0.15, 0.2) is 9.84 Å². The molecule has 3 rings (SSSR count). The molecule has 1 aromatic carbocycles. The third kappa shape index (κ3) is 3.17. The molecule has 122 valence electrons. The molecule has 0 N–H and O–H groups in total. The molecule has 0 bridgehead atoms. The van der Waals surface area contributed by atoms with E-state index in [-0.39, 0.29) is 30.0 Å².